The number of nitrogens with one attached hydrogen (secondary N) is 1. The van der Waals surface area contributed by atoms with Crippen LogP contribution in [0.3, 0.4) is 0 Å². The first kappa shape index (κ1) is 16.0. The van der Waals surface area contributed by atoms with Crippen LogP contribution in [-0.4, -0.2) is 35.0 Å². The summed E-state index contributed by atoms with van der Waals surface area (Å²) in [5, 5.41) is 9.63. The van der Waals surface area contributed by atoms with Gasteiger partial charge < -0.3 is 19.4 Å². The van der Waals surface area contributed by atoms with Gasteiger partial charge in [-0.15, -0.1) is 0 Å². The van der Waals surface area contributed by atoms with Gasteiger partial charge in [-0.1, -0.05) is 6.08 Å². The van der Waals surface area contributed by atoms with Crippen molar-refractivity contribution in [2.45, 2.75) is 45.8 Å². The quantitative estimate of drug-likeness (QED) is 0.831. The summed E-state index contributed by atoms with van der Waals surface area (Å²) in [6.07, 6.45) is 1.80. The Balaban J connectivity index is 2.33. The highest BCUT2D eigenvalue weighted by atomic mass is 16.7. The Bertz CT molecular complexity index is 602. The van der Waals surface area contributed by atoms with E-state index in [2.05, 4.69) is 4.98 Å². The fourth-order valence-electron chi connectivity index (χ4n) is 2.13. The van der Waals surface area contributed by atoms with Gasteiger partial charge in [-0.25, -0.2) is 0 Å². The smallest absolute Gasteiger partial charge is 0.400 e. The summed E-state index contributed by atoms with van der Waals surface area (Å²) in [5.41, 5.74) is 1.14. The van der Waals surface area contributed by atoms with Crippen LogP contribution in [0, 0.1) is 6.92 Å². The van der Waals surface area contributed by atoms with Crippen molar-refractivity contribution in [3.05, 3.63) is 39.2 Å². The van der Waals surface area contributed by atoms with Crippen molar-refractivity contribution in [2.24, 2.45) is 0 Å². The maximum absolute atomic E-state index is 11.2. The van der Waals surface area contributed by atoms with Crippen LogP contribution in [0.1, 0.15) is 39.0 Å². The van der Waals surface area contributed by atoms with Gasteiger partial charge >= 0.3 is 7.12 Å². The number of hydrogen-bond acceptors (Lipinski definition) is 4. The van der Waals surface area contributed by atoms with E-state index >= 15 is 0 Å². The number of rotatable bonds is 3. The molecule has 1 aliphatic heterocycles. The standard InChI is InChI=1S/C15H22BNO4/c1-10-11(6-7-13(19)17-10)8-12(9-18)16-20-14(2,3)15(4,5)21-16/h6-8,18H,9H2,1-5H3,(H,17,19). The van der Waals surface area contributed by atoms with Crippen molar-refractivity contribution >= 4 is 13.2 Å². The molecule has 1 fully saturated rings. The second-order valence-electron chi connectivity index (χ2n) is 6.37. The zero-order chi connectivity index (χ0) is 15.8. The highest BCUT2D eigenvalue weighted by Gasteiger charge is 2.52. The number of aryl methyl sites for hydroxylation is 1. The average molecular weight is 291 g/mol. The van der Waals surface area contributed by atoms with Crippen molar-refractivity contribution in [1.82, 2.24) is 4.98 Å². The van der Waals surface area contributed by atoms with Gasteiger partial charge in [-0.05, 0) is 51.7 Å². The molecule has 0 aliphatic carbocycles. The first-order chi connectivity index (χ1) is 9.66. The largest absolute Gasteiger partial charge is 0.492 e. The minimum atomic E-state index is -0.591. The molecule has 21 heavy (non-hydrogen) atoms. The van der Waals surface area contributed by atoms with Crippen molar-refractivity contribution < 1.29 is 14.4 Å². The molecule has 0 saturated carbocycles. The molecule has 2 N–H and O–H groups in total. The summed E-state index contributed by atoms with van der Waals surface area (Å²) >= 11 is 0. The molecule has 0 spiro atoms. The number of aromatic nitrogens is 1. The summed E-state index contributed by atoms with van der Waals surface area (Å²) in [6.45, 7) is 9.50. The third kappa shape index (κ3) is 3.12. The molecule has 0 amide bonds. The van der Waals surface area contributed by atoms with E-state index in [1.165, 1.54) is 6.07 Å². The average Bonchev–Trinajstić information content (AvgIpc) is 2.57. The Morgan fingerprint density at radius 1 is 1.29 bits per heavy atom. The van der Waals surface area contributed by atoms with Crippen LogP contribution < -0.4 is 5.56 Å². The molecule has 0 aromatic carbocycles. The van der Waals surface area contributed by atoms with Gasteiger partial charge in [0.05, 0.1) is 17.8 Å². The van der Waals surface area contributed by atoms with E-state index in [9.17, 15) is 9.90 Å². The van der Waals surface area contributed by atoms with Crippen LogP contribution in [0.2, 0.25) is 0 Å². The fourth-order valence-corrected chi connectivity index (χ4v) is 2.13. The Kier molecular flexibility index (Phi) is 4.15. The molecule has 6 heteroatoms. The third-order valence-corrected chi connectivity index (χ3v) is 4.24. The van der Waals surface area contributed by atoms with Gasteiger partial charge in [0, 0.05) is 11.8 Å². The zero-order valence-electron chi connectivity index (χ0n) is 13.2. The highest BCUT2D eigenvalue weighted by Crippen LogP contribution is 2.38. The molecule has 2 rings (SSSR count). The lowest BCUT2D eigenvalue weighted by Gasteiger charge is -2.32. The molecule has 2 heterocycles. The molecule has 1 aliphatic rings. The zero-order valence-corrected chi connectivity index (χ0v) is 13.2. The Hall–Kier alpha value is -1.37. The van der Waals surface area contributed by atoms with Crippen molar-refractivity contribution in [1.29, 1.82) is 0 Å². The molecular weight excluding hydrogens is 269 g/mol. The van der Waals surface area contributed by atoms with E-state index in [1.54, 1.807) is 12.1 Å². The predicted octanol–water partition coefficient (Wildman–Crippen LogP) is 1.69. The summed E-state index contributed by atoms with van der Waals surface area (Å²) < 4.78 is 11.9. The number of H-pyrrole nitrogens is 1. The number of aliphatic hydroxyl groups is 1. The van der Waals surface area contributed by atoms with Gasteiger partial charge in [-0.2, -0.15) is 0 Å². The Labute approximate surface area is 125 Å². The fraction of sp³-hybridized carbons (Fsp3) is 0.533. The number of pyridine rings is 1. The van der Waals surface area contributed by atoms with Crippen molar-refractivity contribution in [2.75, 3.05) is 6.61 Å². The van der Waals surface area contributed by atoms with Gasteiger partial charge in [-0.3, -0.25) is 4.79 Å². The third-order valence-electron chi connectivity index (χ3n) is 4.24. The summed E-state index contributed by atoms with van der Waals surface area (Å²) in [4.78, 5) is 14.0. The number of aromatic amines is 1. The first-order valence-electron chi connectivity index (χ1n) is 7.03. The molecule has 1 saturated heterocycles. The highest BCUT2D eigenvalue weighted by molar-refractivity contribution is 6.55. The molecular formula is C15H22BNO4. The maximum atomic E-state index is 11.2. The molecule has 0 unspecified atom stereocenters. The molecule has 5 nitrogen and oxygen atoms in total. The second kappa shape index (κ2) is 5.44. The number of hydrogen-bond donors (Lipinski definition) is 2. The lowest BCUT2D eigenvalue weighted by atomic mass is 9.77. The van der Waals surface area contributed by atoms with Gasteiger partial charge in [0.15, 0.2) is 0 Å². The van der Waals surface area contributed by atoms with Crippen LogP contribution in [0.5, 0.6) is 0 Å². The summed E-state index contributed by atoms with van der Waals surface area (Å²) in [5.74, 6) is 0. The first-order valence-corrected chi connectivity index (χ1v) is 7.03. The van der Waals surface area contributed by atoms with Gasteiger partial charge in [0.1, 0.15) is 0 Å². The molecule has 1 aromatic heterocycles. The van der Waals surface area contributed by atoms with Crippen LogP contribution in [0.25, 0.3) is 6.08 Å². The lowest BCUT2D eigenvalue weighted by Crippen LogP contribution is -2.41. The minimum Gasteiger partial charge on any atom is -0.400 e. The van der Waals surface area contributed by atoms with Crippen LogP contribution in [0.15, 0.2) is 22.4 Å². The Morgan fingerprint density at radius 2 is 1.86 bits per heavy atom. The normalized spacial score (nSPS) is 20.9. The SMILES string of the molecule is Cc1[nH]c(=O)ccc1C=C(CO)B1OC(C)(C)C(C)(C)O1. The molecule has 1 aromatic rings. The number of aliphatic hydroxyl groups excluding tert-OH is 1. The van der Waals surface area contributed by atoms with Crippen LogP contribution in [-0.2, 0) is 9.31 Å². The van der Waals surface area contributed by atoms with Crippen molar-refractivity contribution in [3.63, 3.8) is 0 Å². The monoisotopic (exact) mass is 291 g/mol. The van der Waals surface area contributed by atoms with E-state index < -0.39 is 18.3 Å². The lowest BCUT2D eigenvalue weighted by molar-refractivity contribution is 0.00578. The van der Waals surface area contributed by atoms with E-state index in [-0.39, 0.29) is 12.2 Å². The second-order valence-corrected chi connectivity index (χ2v) is 6.37. The minimum absolute atomic E-state index is 0.147. The van der Waals surface area contributed by atoms with Crippen LogP contribution in [0.4, 0.5) is 0 Å². The predicted molar refractivity (Wildman–Crippen MR) is 82.9 cm³/mol. The van der Waals surface area contributed by atoms with Gasteiger partial charge in [0.2, 0.25) is 5.56 Å². The maximum Gasteiger partial charge on any atom is 0.492 e. The summed E-state index contributed by atoms with van der Waals surface area (Å²) in [7, 11) is -0.591. The van der Waals surface area contributed by atoms with E-state index in [1.807, 2.05) is 34.6 Å². The van der Waals surface area contributed by atoms with E-state index in [4.69, 9.17) is 9.31 Å². The van der Waals surface area contributed by atoms with E-state index in [0.717, 1.165) is 11.3 Å². The topological polar surface area (TPSA) is 71.6 Å². The molecule has 0 bridgehead atoms. The Morgan fingerprint density at radius 3 is 2.33 bits per heavy atom. The molecule has 0 atom stereocenters. The molecule has 114 valence electrons. The van der Waals surface area contributed by atoms with Gasteiger partial charge in [0.25, 0.3) is 0 Å². The van der Waals surface area contributed by atoms with Crippen molar-refractivity contribution in [3.8, 4) is 0 Å². The van der Waals surface area contributed by atoms with E-state index in [0.29, 0.717) is 5.47 Å². The summed E-state index contributed by atoms with van der Waals surface area (Å²) in [6, 6.07) is 3.17. The van der Waals surface area contributed by atoms with Crippen LogP contribution >= 0.6 is 0 Å². The molecule has 0 radical (unpaired) electrons.